The summed E-state index contributed by atoms with van der Waals surface area (Å²) in [5.41, 5.74) is 3.59. The fourth-order valence-corrected chi connectivity index (χ4v) is 3.51. The molecule has 0 radical (unpaired) electrons. The molecule has 4 rings (SSSR count). The van der Waals surface area contributed by atoms with Crippen molar-refractivity contribution in [1.82, 2.24) is 0 Å². The molecule has 4 aromatic rings. The van der Waals surface area contributed by atoms with Gasteiger partial charge in [-0.05, 0) is 49.2 Å². The maximum absolute atomic E-state index is 13.2. The molecule has 1 amide bonds. The van der Waals surface area contributed by atoms with Gasteiger partial charge in [0, 0.05) is 16.3 Å². The van der Waals surface area contributed by atoms with Crippen LogP contribution in [0.4, 0.5) is 5.69 Å². The second-order valence-corrected chi connectivity index (χ2v) is 7.92. The van der Waals surface area contributed by atoms with Crippen LogP contribution in [-0.2, 0) is 11.2 Å². The number of rotatable bonds is 6. The van der Waals surface area contributed by atoms with Gasteiger partial charge in [-0.25, -0.2) is 0 Å². The number of aryl methyl sites for hydroxylation is 2. The van der Waals surface area contributed by atoms with Crippen molar-refractivity contribution in [1.29, 1.82) is 0 Å². The zero-order chi connectivity index (χ0) is 22.7. The minimum Gasteiger partial charge on any atom is -0.476 e. The summed E-state index contributed by atoms with van der Waals surface area (Å²) in [4.78, 5) is 25.7. The van der Waals surface area contributed by atoms with Crippen molar-refractivity contribution in [3.8, 4) is 17.1 Å². The fraction of sp³-hybridized carbons (Fsp3) is 0.154. The van der Waals surface area contributed by atoms with E-state index in [9.17, 15) is 9.59 Å². The van der Waals surface area contributed by atoms with E-state index in [4.69, 9.17) is 20.8 Å². The van der Waals surface area contributed by atoms with Gasteiger partial charge < -0.3 is 14.5 Å². The molecular weight excluding hydrogens is 426 g/mol. The largest absolute Gasteiger partial charge is 0.476 e. The molecule has 0 spiro atoms. The number of carbonyl (C=O) groups is 1. The third kappa shape index (κ3) is 4.68. The highest BCUT2D eigenvalue weighted by Crippen LogP contribution is 2.32. The molecule has 6 heteroatoms. The third-order valence-electron chi connectivity index (χ3n) is 5.12. The van der Waals surface area contributed by atoms with Gasteiger partial charge in [0.25, 0.3) is 5.91 Å². The lowest BCUT2D eigenvalue weighted by atomic mass is 10.1. The highest BCUT2D eigenvalue weighted by atomic mass is 35.5. The van der Waals surface area contributed by atoms with Crippen LogP contribution in [0.5, 0.6) is 5.75 Å². The summed E-state index contributed by atoms with van der Waals surface area (Å²) in [5, 5.41) is 3.48. The van der Waals surface area contributed by atoms with E-state index in [1.165, 1.54) is 11.6 Å². The van der Waals surface area contributed by atoms with Crippen LogP contribution in [-0.4, -0.2) is 12.5 Å². The zero-order valence-corrected chi connectivity index (χ0v) is 18.5. The molecule has 162 valence electrons. The summed E-state index contributed by atoms with van der Waals surface area (Å²) >= 11 is 6.07. The van der Waals surface area contributed by atoms with E-state index >= 15 is 0 Å². The molecule has 3 aromatic carbocycles. The minimum atomic E-state index is -0.385. The quantitative estimate of drug-likeness (QED) is 0.393. The van der Waals surface area contributed by atoms with Gasteiger partial charge in [-0.2, -0.15) is 0 Å². The van der Waals surface area contributed by atoms with Crippen molar-refractivity contribution in [3.05, 3.63) is 93.1 Å². The van der Waals surface area contributed by atoms with Gasteiger partial charge in [0.05, 0.1) is 5.39 Å². The second-order valence-electron chi connectivity index (χ2n) is 7.48. The second kappa shape index (κ2) is 9.28. The molecule has 0 aliphatic heterocycles. The first-order valence-corrected chi connectivity index (χ1v) is 10.7. The molecule has 0 unspecified atom stereocenters. The maximum Gasteiger partial charge on any atom is 0.262 e. The lowest BCUT2D eigenvalue weighted by molar-refractivity contribution is -0.118. The third-order valence-corrected chi connectivity index (χ3v) is 5.35. The number of ether oxygens (including phenoxy) is 1. The molecule has 32 heavy (non-hydrogen) atoms. The Kier molecular flexibility index (Phi) is 6.28. The van der Waals surface area contributed by atoms with E-state index in [1.807, 2.05) is 55.5 Å². The summed E-state index contributed by atoms with van der Waals surface area (Å²) in [6.45, 7) is 3.69. The summed E-state index contributed by atoms with van der Waals surface area (Å²) in [6, 6.07) is 19.9. The van der Waals surface area contributed by atoms with Gasteiger partial charge in [0.2, 0.25) is 11.2 Å². The average molecular weight is 448 g/mol. The number of hydrogen-bond acceptors (Lipinski definition) is 4. The number of fused-ring (bicyclic) bond motifs is 1. The molecule has 0 aliphatic carbocycles. The Morgan fingerprint density at radius 1 is 1.03 bits per heavy atom. The number of benzene rings is 3. The van der Waals surface area contributed by atoms with Crippen LogP contribution in [0.15, 0.2) is 75.9 Å². The Balaban J connectivity index is 1.65. The lowest BCUT2D eigenvalue weighted by Crippen LogP contribution is -2.22. The Morgan fingerprint density at radius 3 is 2.44 bits per heavy atom. The Morgan fingerprint density at radius 2 is 1.75 bits per heavy atom. The summed E-state index contributed by atoms with van der Waals surface area (Å²) in [5.74, 6) is -0.139. The topological polar surface area (TPSA) is 68.5 Å². The summed E-state index contributed by atoms with van der Waals surface area (Å²) in [6.07, 6.45) is 0.918. The monoisotopic (exact) mass is 447 g/mol. The standard InChI is InChI=1S/C26H22ClNO4/c1-3-17-6-11-20(12-7-17)28-23(29)15-31-26-24(30)21-14-19(27)10-13-22(21)32-25(26)18-8-4-16(2)5-9-18/h4-14H,3,15H2,1-2H3,(H,28,29). The van der Waals surface area contributed by atoms with Crippen molar-refractivity contribution < 1.29 is 13.9 Å². The van der Waals surface area contributed by atoms with Gasteiger partial charge in [0.15, 0.2) is 12.4 Å². The van der Waals surface area contributed by atoms with Crippen LogP contribution in [0, 0.1) is 6.92 Å². The number of carbonyl (C=O) groups excluding carboxylic acids is 1. The van der Waals surface area contributed by atoms with E-state index in [1.54, 1.807) is 12.1 Å². The molecule has 0 saturated heterocycles. The molecule has 1 N–H and O–H groups in total. The van der Waals surface area contributed by atoms with Crippen molar-refractivity contribution >= 4 is 34.2 Å². The normalized spacial score (nSPS) is 10.8. The SMILES string of the molecule is CCc1ccc(NC(=O)COc2c(-c3ccc(C)cc3)oc3ccc(Cl)cc3c2=O)cc1. The van der Waals surface area contributed by atoms with Gasteiger partial charge >= 0.3 is 0 Å². The zero-order valence-electron chi connectivity index (χ0n) is 17.8. The van der Waals surface area contributed by atoms with Crippen LogP contribution < -0.4 is 15.5 Å². The smallest absolute Gasteiger partial charge is 0.262 e. The van der Waals surface area contributed by atoms with E-state index in [0.29, 0.717) is 27.2 Å². The maximum atomic E-state index is 13.2. The van der Waals surface area contributed by atoms with Crippen molar-refractivity contribution in [2.45, 2.75) is 20.3 Å². The predicted molar refractivity (Wildman–Crippen MR) is 128 cm³/mol. The number of halogens is 1. The van der Waals surface area contributed by atoms with Crippen LogP contribution in [0.3, 0.4) is 0 Å². The Hall–Kier alpha value is -3.57. The highest BCUT2D eigenvalue weighted by molar-refractivity contribution is 6.31. The molecule has 0 aliphatic rings. The van der Waals surface area contributed by atoms with Crippen molar-refractivity contribution in [3.63, 3.8) is 0 Å². The van der Waals surface area contributed by atoms with Crippen LogP contribution in [0.25, 0.3) is 22.3 Å². The van der Waals surface area contributed by atoms with Gasteiger partial charge in [-0.15, -0.1) is 0 Å². The molecule has 0 bridgehead atoms. The predicted octanol–water partition coefficient (Wildman–Crippen LogP) is 6.00. The molecule has 0 saturated carbocycles. The number of nitrogens with one attached hydrogen (secondary N) is 1. The van der Waals surface area contributed by atoms with Crippen molar-refractivity contribution in [2.24, 2.45) is 0 Å². The summed E-state index contributed by atoms with van der Waals surface area (Å²) in [7, 11) is 0. The van der Waals surface area contributed by atoms with E-state index in [-0.39, 0.29) is 29.5 Å². The first-order chi connectivity index (χ1) is 15.4. The minimum absolute atomic E-state index is 0.0277. The van der Waals surface area contributed by atoms with Crippen LogP contribution >= 0.6 is 11.6 Å². The summed E-state index contributed by atoms with van der Waals surface area (Å²) < 4.78 is 11.7. The van der Waals surface area contributed by atoms with Gasteiger partial charge in [-0.3, -0.25) is 9.59 Å². The van der Waals surface area contributed by atoms with E-state index in [0.717, 1.165) is 12.0 Å². The van der Waals surface area contributed by atoms with Crippen LogP contribution in [0.2, 0.25) is 5.02 Å². The average Bonchev–Trinajstić information content (AvgIpc) is 2.80. The number of anilines is 1. The molecule has 0 atom stereocenters. The first kappa shape index (κ1) is 21.7. The van der Waals surface area contributed by atoms with Crippen molar-refractivity contribution in [2.75, 3.05) is 11.9 Å². The van der Waals surface area contributed by atoms with E-state index < -0.39 is 0 Å². The highest BCUT2D eigenvalue weighted by Gasteiger charge is 2.19. The molecule has 1 aromatic heterocycles. The Bertz CT molecular complexity index is 1330. The number of hydrogen-bond donors (Lipinski definition) is 1. The first-order valence-electron chi connectivity index (χ1n) is 10.3. The van der Waals surface area contributed by atoms with Gasteiger partial charge in [0.1, 0.15) is 5.58 Å². The van der Waals surface area contributed by atoms with Gasteiger partial charge in [-0.1, -0.05) is 60.5 Å². The molecule has 5 nitrogen and oxygen atoms in total. The number of amides is 1. The Labute approximate surface area is 190 Å². The van der Waals surface area contributed by atoms with Crippen LogP contribution in [0.1, 0.15) is 18.1 Å². The molecule has 1 heterocycles. The molecule has 0 fully saturated rings. The molecular formula is C26H22ClNO4. The van der Waals surface area contributed by atoms with E-state index in [2.05, 4.69) is 12.2 Å². The fourth-order valence-electron chi connectivity index (χ4n) is 3.34. The lowest BCUT2D eigenvalue weighted by Gasteiger charge is -2.12.